The van der Waals surface area contributed by atoms with Crippen molar-refractivity contribution in [1.82, 2.24) is 9.88 Å². The summed E-state index contributed by atoms with van der Waals surface area (Å²) in [5, 5.41) is 12.1. The van der Waals surface area contributed by atoms with Gasteiger partial charge in [0.05, 0.1) is 6.04 Å². The van der Waals surface area contributed by atoms with E-state index in [4.69, 9.17) is 0 Å². The van der Waals surface area contributed by atoms with Crippen LogP contribution in [0, 0.1) is 0 Å². The quantitative estimate of drug-likeness (QED) is 0.778. The van der Waals surface area contributed by atoms with Gasteiger partial charge in [-0.05, 0) is 23.1 Å². The highest BCUT2D eigenvalue weighted by atomic mass is 16.3. The number of hydrogen-bond donors (Lipinski definition) is 2. The molecule has 24 heavy (non-hydrogen) atoms. The van der Waals surface area contributed by atoms with Gasteiger partial charge in [-0.25, -0.2) is 0 Å². The Hall–Kier alpha value is -2.59. The second kappa shape index (κ2) is 5.80. The van der Waals surface area contributed by atoms with Gasteiger partial charge < -0.3 is 15.0 Å². The highest BCUT2D eigenvalue weighted by Gasteiger charge is 2.43. The van der Waals surface area contributed by atoms with Crippen molar-refractivity contribution in [3.8, 4) is 0 Å². The number of likely N-dealkylation sites (tertiary alicyclic amines) is 1. The minimum Gasteiger partial charge on any atom is -0.385 e. The van der Waals surface area contributed by atoms with Gasteiger partial charge >= 0.3 is 0 Å². The van der Waals surface area contributed by atoms with Gasteiger partial charge in [-0.15, -0.1) is 0 Å². The van der Waals surface area contributed by atoms with Crippen LogP contribution in [0.3, 0.4) is 0 Å². The molecule has 1 aliphatic heterocycles. The van der Waals surface area contributed by atoms with E-state index < -0.39 is 6.10 Å². The molecular formula is C20H20N2O2. The summed E-state index contributed by atoms with van der Waals surface area (Å²) in [7, 11) is 1.78. The smallest absolute Gasteiger partial charge is 0.223 e. The van der Waals surface area contributed by atoms with Crippen molar-refractivity contribution in [2.45, 2.75) is 24.5 Å². The molecule has 1 amide bonds. The number of likely N-dealkylation sites (N-methyl/N-ethyl adjacent to an activating group) is 1. The Kier molecular flexibility index (Phi) is 3.62. The summed E-state index contributed by atoms with van der Waals surface area (Å²) < 4.78 is 0. The van der Waals surface area contributed by atoms with Gasteiger partial charge in [0.25, 0.3) is 0 Å². The zero-order valence-electron chi connectivity index (χ0n) is 13.5. The van der Waals surface area contributed by atoms with Gasteiger partial charge in [0.2, 0.25) is 5.91 Å². The van der Waals surface area contributed by atoms with Crippen LogP contribution >= 0.6 is 0 Å². The third-order valence-corrected chi connectivity index (χ3v) is 5.07. The third kappa shape index (κ3) is 2.39. The average molecular weight is 320 g/mol. The van der Waals surface area contributed by atoms with Crippen molar-refractivity contribution < 1.29 is 9.90 Å². The molecule has 4 nitrogen and oxygen atoms in total. The molecule has 2 heterocycles. The van der Waals surface area contributed by atoms with E-state index in [-0.39, 0.29) is 17.9 Å². The van der Waals surface area contributed by atoms with Crippen LogP contribution in [-0.2, 0) is 4.79 Å². The first kappa shape index (κ1) is 15.0. The maximum Gasteiger partial charge on any atom is 0.223 e. The number of carbonyl (C=O) groups excluding carboxylic acids is 1. The number of nitrogens with zero attached hydrogens (tertiary/aromatic N) is 1. The highest BCUT2D eigenvalue weighted by Crippen LogP contribution is 2.40. The van der Waals surface area contributed by atoms with Gasteiger partial charge in [0, 0.05) is 30.6 Å². The number of nitrogens with one attached hydrogen (secondary N) is 1. The third-order valence-electron chi connectivity index (χ3n) is 5.07. The van der Waals surface area contributed by atoms with E-state index in [1.807, 2.05) is 60.7 Å². The summed E-state index contributed by atoms with van der Waals surface area (Å²) in [5.41, 5.74) is 2.84. The number of para-hydroxylation sites is 1. The van der Waals surface area contributed by atoms with Gasteiger partial charge in [-0.2, -0.15) is 0 Å². The lowest BCUT2D eigenvalue weighted by molar-refractivity contribution is -0.129. The summed E-state index contributed by atoms with van der Waals surface area (Å²) in [6.45, 7) is 0. The van der Waals surface area contributed by atoms with Crippen LogP contribution in [0.1, 0.15) is 29.7 Å². The second-order valence-electron chi connectivity index (χ2n) is 6.47. The van der Waals surface area contributed by atoms with E-state index in [0.717, 1.165) is 22.2 Å². The Morgan fingerprint density at radius 1 is 1.12 bits per heavy atom. The van der Waals surface area contributed by atoms with E-state index in [1.165, 1.54) is 0 Å². The van der Waals surface area contributed by atoms with E-state index in [1.54, 1.807) is 11.9 Å². The number of rotatable bonds is 3. The maximum atomic E-state index is 12.3. The predicted octanol–water partition coefficient (Wildman–Crippen LogP) is 3.22. The lowest BCUT2D eigenvalue weighted by Gasteiger charge is -2.29. The first-order valence-electron chi connectivity index (χ1n) is 8.21. The van der Waals surface area contributed by atoms with Gasteiger partial charge in [0.15, 0.2) is 0 Å². The number of aliphatic hydroxyl groups excluding tert-OH is 1. The summed E-state index contributed by atoms with van der Waals surface area (Å²) in [6, 6.07) is 19.6. The summed E-state index contributed by atoms with van der Waals surface area (Å²) >= 11 is 0. The van der Waals surface area contributed by atoms with Crippen molar-refractivity contribution in [1.29, 1.82) is 0 Å². The van der Waals surface area contributed by atoms with Crippen LogP contribution in [-0.4, -0.2) is 34.0 Å². The normalized spacial score (nSPS) is 22.2. The molecule has 3 aromatic rings. The monoisotopic (exact) mass is 320 g/mol. The van der Waals surface area contributed by atoms with E-state index in [9.17, 15) is 9.90 Å². The fourth-order valence-corrected chi connectivity index (χ4v) is 3.78. The fourth-order valence-electron chi connectivity index (χ4n) is 3.78. The number of aromatic amines is 1. The Morgan fingerprint density at radius 3 is 2.58 bits per heavy atom. The zero-order chi connectivity index (χ0) is 16.7. The molecule has 0 spiro atoms. The van der Waals surface area contributed by atoms with Crippen molar-refractivity contribution >= 4 is 16.8 Å². The molecule has 0 unspecified atom stereocenters. The average Bonchev–Trinajstić information content (AvgIpc) is 3.17. The first-order chi connectivity index (χ1) is 11.6. The fraction of sp³-hybridized carbons (Fsp3) is 0.250. The van der Waals surface area contributed by atoms with Gasteiger partial charge in [-0.3, -0.25) is 4.79 Å². The molecule has 4 rings (SSSR count). The molecule has 2 N–H and O–H groups in total. The van der Waals surface area contributed by atoms with Crippen LogP contribution in [0.25, 0.3) is 10.9 Å². The summed E-state index contributed by atoms with van der Waals surface area (Å²) in [6.07, 6.45) is -0.318. The maximum absolute atomic E-state index is 12.3. The molecule has 1 aliphatic rings. The molecule has 0 aliphatic carbocycles. The second-order valence-corrected chi connectivity index (χ2v) is 6.47. The lowest BCUT2D eigenvalue weighted by atomic mass is 9.87. The van der Waals surface area contributed by atoms with Crippen LogP contribution in [0.2, 0.25) is 0 Å². The molecule has 3 atom stereocenters. The van der Waals surface area contributed by atoms with Crippen molar-refractivity contribution in [3.63, 3.8) is 0 Å². The number of amides is 1. The minimum absolute atomic E-state index is 0.00916. The van der Waals surface area contributed by atoms with E-state index >= 15 is 0 Å². The number of aromatic nitrogens is 1. The minimum atomic E-state index is -0.751. The number of fused-ring (bicyclic) bond motifs is 1. The molecule has 1 saturated heterocycles. The molecule has 0 saturated carbocycles. The largest absolute Gasteiger partial charge is 0.385 e. The van der Waals surface area contributed by atoms with Crippen LogP contribution in [0.15, 0.2) is 60.7 Å². The van der Waals surface area contributed by atoms with Gasteiger partial charge in [0.1, 0.15) is 6.10 Å². The molecule has 1 aromatic heterocycles. The highest BCUT2D eigenvalue weighted by molar-refractivity contribution is 5.82. The molecule has 0 bridgehead atoms. The number of aliphatic hydroxyl groups is 1. The van der Waals surface area contributed by atoms with Crippen LogP contribution in [0.4, 0.5) is 0 Å². The zero-order valence-corrected chi connectivity index (χ0v) is 13.5. The summed E-state index contributed by atoms with van der Waals surface area (Å²) in [4.78, 5) is 17.3. The Balaban J connectivity index is 1.72. The van der Waals surface area contributed by atoms with Crippen molar-refractivity contribution in [3.05, 3.63) is 71.9 Å². The van der Waals surface area contributed by atoms with Gasteiger partial charge in [-0.1, -0.05) is 48.5 Å². The Labute approximate surface area is 140 Å². The Morgan fingerprint density at radius 2 is 1.83 bits per heavy atom. The standard InChI is InChI=1S/C20H20N2O2/c1-22-18(23)12-15(13-7-3-2-4-8-13)19(22)20(24)17-11-14-9-5-6-10-16(14)21-17/h2-11,15,19-21,24H,12H2,1H3/t15-,19-,20+/m1/s1. The van der Waals surface area contributed by atoms with Crippen LogP contribution in [0.5, 0.6) is 0 Å². The molecule has 122 valence electrons. The van der Waals surface area contributed by atoms with E-state index in [0.29, 0.717) is 6.42 Å². The molecule has 0 radical (unpaired) electrons. The van der Waals surface area contributed by atoms with E-state index in [2.05, 4.69) is 4.98 Å². The molecule has 1 fully saturated rings. The lowest BCUT2D eigenvalue weighted by Crippen LogP contribution is -2.36. The number of hydrogen-bond acceptors (Lipinski definition) is 2. The Bertz CT molecular complexity index is 838. The molecular weight excluding hydrogens is 300 g/mol. The summed E-state index contributed by atoms with van der Waals surface area (Å²) in [5.74, 6) is 0.0640. The molecule has 4 heteroatoms. The predicted molar refractivity (Wildman–Crippen MR) is 93.6 cm³/mol. The molecule has 2 aromatic carbocycles. The van der Waals surface area contributed by atoms with Crippen molar-refractivity contribution in [2.24, 2.45) is 0 Å². The van der Waals surface area contributed by atoms with Crippen molar-refractivity contribution in [2.75, 3.05) is 7.05 Å². The number of carbonyl (C=O) groups is 1. The number of H-pyrrole nitrogens is 1. The first-order valence-corrected chi connectivity index (χ1v) is 8.21. The number of benzene rings is 2. The van der Waals surface area contributed by atoms with Crippen LogP contribution < -0.4 is 0 Å². The topological polar surface area (TPSA) is 56.3 Å². The SMILES string of the molecule is CN1C(=O)C[C@H](c2ccccc2)[C@@H]1[C@@H](O)c1cc2ccccc2[nH]1.